The molecule has 0 aromatic heterocycles. The summed E-state index contributed by atoms with van der Waals surface area (Å²) in [5.41, 5.74) is 0.424. The van der Waals surface area contributed by atoms with Gasteiger partial charge in [-0.25, -0.2) is 0 Å². The first-order valence-corrected chi connectivity index (χ1v) is 8.30. The molecule has 0 N–H and O–H groups in total. The third-order valence-corrected chi connectivity index (χ3v) is 4.98. The SMILES string of the molecule is CCOC(=O)CC1(N(CC)CC)CCCC(C)(C)CC1. The average Bonchev–Trinajstić information content (AvgIpc) is 2.51. The lowest BCUT2D eigenvalue weighted by Gasteiger charge is -2.43. The number of hydrogen-bond donors (Lipinski definition) is 0. The Bertz CT molecular complexity index is 310. The lowest BCUT2D eigenvalue weighted by molar-refractivity contribution is -0.147. The van der Waals surface area contributed by atoms with Crippen LogP contribution in [0, 0.1) is 5.41 Å². The van der Waals surface area contributed by atoms with Gasteiger partial charge in [-0.15, -0.1) is 0 Å². The molecule has 1 unspecified atom stereocenters. The molecule has 1 fully saturated rings. The zero-order valence-electron chi connectivity index (χ0n) is 14.1. The summed E-state index contributed by atoms with van der Waals surface area (Å²) in [5, 5.41) is 0. The van der Waals surface area contributed by atoms with Crippen LogP contribution in [0.25, 0.3) is 0 Å². The minimum absolute atomic E-state index is 0.0174. The molecule has 0 saturated heterocycles. The van der Waals surface area contributed by atoms with Gasteiger partial charge in [0.1, 0.15) is 0 Å². The molecule has 1 aliphatic rings. The van der Waals surface area contributed by atoms with E-state index in [0.717, 1.165) is 25.9 Å². The summed E-state index contributed by atoms with van der Waals surface area (Å²) < 4.78 is 5.24. The van der Waals surface area contributed by atoms with E-state index in [4.69, 9.17) is 4.74 Å². The predicted octanol–water partition coefficient (Wildman–Crippen LogP) is 4.01. The Morgan fingerprint density at radius 1 is 1.05 bits per heavy atom. The Hall–Kier alpha value is -0.570. The summed E-state index contributed by atoms with van der Waals surface area (Å²) in [6.07, 6.45) is 6.46. The lowest BCUT2D eigenvalue weighted by Crippen LogP contribution is -2.50. The second-order valence-corrected chi connectivity index (χ2v) is 6.90. The van der Waals surface area contributed by atoms with Crippen LogP contribution in [0.15, 0.2) is 0 Å². The van der Waals surface area contributed by atoms with Crippen molar-refractivity contribution < 1.29 is 9.53 Å². The van der Waals surface area contributed by atoms with Gasteiger partial charge in [0.05, 0.1) is 13.0 Å². The van der Waals surface area contributed by atoms with E-state index in [2.05, 4.69) is 32.6 Å². The zero-order valence-corrected chi connectivity index (χ0v) is 14.1. The fourth-order valence-electron chi connectivity index (χ4n) is 3.70. The molecule has 0 bridgehead atoms. The van der Waals surface area contributed by atoms with E-state index in [9.17, 15) is 4.79 Å². The Balaban J connectivity index is 2.91. The van der Waals surface area contributed by atoms with Crippen LogP contribution in [0.5, 0.6) is 0 Å². The first-order chi connectivity index (χ1) is 9.39. The molecule has 3 heteroatoms. The van der Waals surface area contributed by atoms with Crippen LogP contribution in [0.2, 0.25) is 0 Å². The van der Waals surface area contributed by atoms with Gasteiger partial charge in [-0.05, 0) is 51.1 Å². The summed E-state index contributed by atoms with van der Waals surface area (Å²) in [7, 11) is 0. The Morgan fingerprint density at radius 3 is 2.25 bits per heavy atom. The predicted molar refractivity (Wildman–Crippen MR) is 83.8 cm³/mol. The van der Waals surface area contributed by atoms with Crippen molar-refractivity contribution >= 4 is 5.97 Å². The summed E-state index contributed by atoms with van der Waals surface area (Å²) in [6, 6.07) is 0. The first kappa shape index (κ1) is 17.5. The number of hydrogen-bond acceptors (Lipinski definition) is 3. The van der Waals surface area contributed by atoms with E-state index in [0.29, 0.717) is 18.4 Å². The smallest absolute Gasteiger partial charge is 0.307 e. The maximum atomic E-state index is 12.1. The summed E-state index contributed by atoms with van der Waals surface area (Å²) >= 11 is 0. The van der Waals surface area contributed by atoms with Crippen molar-refractivity contribution in [2.24, 2.45) is 5.41 Å². The standard InChI is InChI=1S/C17H33NO2/c1-6-18(7-2)17(14-15(19)20-8-3)11-9-10-16(4,5)12-13-17/h6-14H2,1-5H3. The van der Waals surface area contributed by atoms with E-state index in [-0.39, 0.29) is 11.5 Å². The van der Waals surface area contributed by atoms with E-state index < -0.39 is 0 Å². The van der Waals surface area contributed by atoms with Gasteiger partial charge in [0.25, 0.3) is 0 Å². The van der Waals surface area contributed by atoms with Crippen LogP contribution >= 0.6 is 0 Å². The van der Waals surface area contributed by atoms with Crippen molar-refractivity contribution in [3.63, 3.8) is 0 Å². The minimum Gasteiger partial charge on any atom is -0.466 e. The van der Waals surface area contributed by atoms with E-state index in [1.54, 1.807) is 0 Å². The van der Waals surface area contributed by atoms with Gasteiger partial charge in [-0.1, -0.05) is 34.1 Å². The largest absolute Gasteiger partial charge is 0.466 e. The number of ether oxygens (including phenoxy) is 1. The minimum atomic E-state index is -0.0286. The molecule has 20 heavy (non-hydrogen) atoms. The summed E-state index contributed by atoms with van der Waals surface area (Å²) in [4.78, 5) is 14.6. The topological polar surface area (TPSA) is 29.5 Å². The third-order valence-electron chi connectivity index (χ3n) is 4.98. The molecule has 1 rings (SSSR count). The first-order valence-electron chi connectivity index (χ1n) is 8.30. The zero-order chi connectivity index (χ0) is 15.2. The third kappa shape index (κ3) is 4.47. The quantitative estimate of drug-likeness (QED) is 0.545. The molecule has 0 amide bonds. The summed E-state index contributed by atoms with van der Waals surface area (Å²) in [6.45, 7) is 13.5. The number of carbonyl (C=O) groups is 1. The van der Waals surface area contributed by atoms with Gasteiger partial charge < -0.3 is 4.74 Å². The molecule has 118 valence electrons. The van der Waals surface area contributed by atoms with E-state index in [1.807, 2.05) is 6.92 Å². The highest BCUT2D eigenvalue weighted by atomic mass is 16.5. The van der Waals surface area contributed by atoms with Gasteiger partial charge in [-0.2, -0.15) is 0 Å². The fourth-order valence-corrected chi connectivity index (χ4v) is 3.70. The van der Waals surface area contributed by atoms with Crippen molar-refractivity contribution in [2.45, 2.75) is 78.7 Å². The number of rotatable bonds is 6. The molecule has 3 nitrogen and oxygen atoms in total. The molecule has 1 aliphatic carbocycles. The van der Waals surface area contributed by atoms with Crippen molar-refractivity contribution in [2.75, 3.05) is 19.7 Å². The molecule has 0 aromatic carbocycles. The highest BCUT2D eigenvalue weighted by Gasteiger charge is 2.41. The van der Waals surface area contributed by atoms with E-state index >= 15 is 0 Å². The molecule has 0 radical (unpaired) electrons. The van der Waals surface area contributed by atoms with Crippen LogP contribution in [-0.2, 0) is 9.53 Å². The maximum Gasteiger partial charge on any atom is 0.307 e. The van der Waals surface area contributed by atoms with Gasteiger partial charge in [0, 0.05) is 5.54 Å². The fraction of sp³-hybridized carbons (Fsp3) is 0.941. The molecule has 0 spiro atoms. The van der Waals surface area contributed by atoms with Crippen LogP contribution in [0.3, 0.4) is 0 Å². The van der Waals surface area contributed by atoms with Crippen LogP contribution in [0.4, 0.5) is 0 Å². The van der Waals surface area contributed by atoms with Gasteiger partial charge in [-0.3, -0.25) is 9.69 Å². The van der Waals surface area contributed by atoms with Gasteiger partial charge in [0.15, 0.2) is 0 Å². The normalized spacial score (nSPS) is 26.3. The second-order valence-electron chi connectivity index (χ2n) is 6.90. The number of esters is 1. The Labute approximate surface area is 125 Å². The van der Waals surface area contributed by atoms with Gasteiger partial charge >= 0.3 is 5.97 Å². The van der Waals surface area contributed by atoms with Crippen molar-refractivity contribution in [1.29, 1.82) is 0 Å². The van der Waals surface area contributed by atoms with Gasteiger partial charge in [0.2, 0.25) is 0 Å². The molecular weight excluding hydrogens is 250 g/mol. The van der Waals surface area contributed by atoms with Crippen molar-refractivity contribution in [1.82, 2.24) is 4.90 Å². The molecule has 0 aromatic rings. The van der Waals surface area contributed by atoms with Crippen LogP contribution in [-0.4, -0.2) is 36.1 Å². The Kier molecular flexibility index (Phi) is 6.50. The average molecular weight is 283 g/mol. The number of nitrogens with zero attached hydrogens (tertiary/aromatic N) is 1. The molecule has 1 atom stereocenters. The highest BCUT2D eigenvalue weighted by molar-refractivity contribution is 5.71. The van der Waals surface area contributed by atoms with Crippen molar-refractivity contribution in [3.05, 3.63) is 0 Å². The number of carbonyl (C=O) groups excluding carboxylic acids is 1. The summed E-state index contributed by atoms with van der Waals surface area (Å²) in [5.74, 6) is -0.0286. The second kappa shape index (κ2) is 7.44. The molecule has 1 saturated carbocycles. The monoisotopic (exact) mass is 283 g/mol. The van der Waals surface area contributed by atoms with Crippen LogP contribution in [0.1, 0.15) is 73.1 Å². The molecular formula is C17H33NO2. The van der Waals surface area contributed by atoms with Crippen molar-refractivity contribution in [3.8, 4) is 0 Å². The maximum absolute atomic E-state index is 12.1. The molecule has 0 heterocycles. The lowest BCUT2D eigenvalue weighted by atomic mass is 9.81. The Morgan fingerprint density at radius 2 is 1.70 bits per heavy atom. The van der Waals surface area contributed by atoms with Crippen LogP contribution < -0.4 is 0 Å². The van der Waals surface area contributed by atoms with E-state index in [1.165, 1.54) is 19.3 Å². The molecule has 0 aliphatic heterocycles. The highest BCUT2D eigenvalue weighted by Crippen LogP contribution is 2.42.